The Morgan fingerprint density at radius 3 is 2.52 bits per heavy atom. The van der Waals surface area contributed by atoms with Crippen LogP contribution >= 0.6 is 0 Å². The molecule has 0 aliphatic heterocycles. The van der Waals surface area contributed by atoms with E-state index < -0.39 is 0 Å². The summed E-state index contributed by atoms with van der Waals surface area (Å²) in [5.41, 5.74) is 4.70. The molecule has 6 heteroatoms. The molecule has 0 amide bonds. The van der Waals surface area contributed by atoms with Crippen LogP contribution in [0, 0.1) is 0 Å². The van der Waals surface area contributed by atoms with Crippen molar-refractivity contribution in [2.45, 2.75) is 6.42 Å². The summed E-state index contributed by atoms with van der Waals surface area (Å²) < 4.78 is 11.4. The zero-order valence-corrected chi connectivity index (χ0v) is 16.9. The lowest BCUT2D eigenvalue weighted by Gasteiger charge is -2.10. The number of methoxy groups -OCH3 is 1. The van der Waals surface area contributed by atoms with Crippen molar-refractivity contribution in [3.05, 3.63) is 96.6 Å². The predicted octanol–water partition coefficient (Wildman–Crippen LogP) is 5.41. The lowest BCUT2D eigenvalue weighted by molar-refractivity contribution is 0.415. The monoisotopic (exact) mass is 408 g/mol. The van der Waals surface area contributed by atoms with Crippen LogP contribution in [0.3, 0.4) is 0 Å². The Hall–Kier alpha value is -4.19. The fourth-order valence-electron chi connectivity index (χ4n) is 3.44. The molecular weight excluding hydrogens is 388 g/mol. The number of benzene rings is 3. The van der Waals surface area contributed by atoms with Gasteiger partial charge in [-0.3, -0.25) is 0 Å². The number of fused-ring (bicyclic) bond motifs is 1. The lowest BCUT2D eigenvalue weighted by atomic mass is 10.1. The highest BCUT2D eigenvalue weighted by Crippen LogP contribution is 2.31. The summed E-state index contributed by atoms with van der Waals surface area (Å²) >= 11 is 0. The third kappa shape index (κ3) is 4.09. The molecule has 0 aliphatic rings. The Morgan fingerprint density at radius 2 is 1.68 bits per heavy atom. The van der Waals surface area contributed by atoms with Crippen LogP contribution in [0.5, 0.6) is 17.4 Å². The van der Waals surface area contributed by atoms with Crippen LogP contribution in [0.1, 0.15) is 11.4 Å². The molecule has 0 atom stereocenters. The van der Waals surface area contributed by atoms with Crippen LogP contribution in [0.2, 0.25) is 0 Å². The van der Waals surface area contributed by atoms with Crippen molar-refractivity contribution < 1.29 is 9.47 Å². The molecule has 1 N–H and O–H groups in total. The average Bonchev–Trinajstić information content (AvgIpc) is 3.23. The Bertz CT molecular complexity index is 1300. The maximum atomic E-state index is 6.05. The van der Waals surface area contributed by atoms with Gasteiger partial charge in [0.1, 0.15) is 23.0 Å². The Morgan fingerprint density at radius 1 is 0.839 bits per heavy atom. The fraction of sp³-hybridized carbons (Fsp3) is 0.0800. The third-order valence-corrected chi connectivity index (χ3v) is 4.96. The number of hydrogen-bond donors (Lipinski definition) is 1. The molecule has 0 aliphatic carbocycles. The van der Waals surface area contributed by atoms with Crippen molar-refractivity contribution in [3.8, 4) is 28.6 Å². The minimum Gasteiger partial charge on any atom is -0.497 e. The maximum Gasteiger partial charge on any atom is 0.246 e. The van der Waals surface area contributed by atoms with Gasteiger partial charge in [0.25, 0.3) is 0 Å². The molecule has 0 spiro atoms. The van der Waals surface area contributed by atoms with Gasteiger partial charge < -0.3 is 14.5 Å². The predicted molar refractivity (Wildman–Crippen MR) is 119 cm³/mol. The number of imidazole rings is 1. The summed E-state index contributed by atoms with van der Waals surface area (Å²) in [5, 5.41) is 0. The largest absolute Gasteiger partial charge is 0.497 e. The van der Waals surface area contributed by atoms with E-state index >= 15 is 0 Å². The van der Waals surface area contributed by atoms with Crippen molar-refractivity contribution in [3.63, 3.8) is 0 Å². The van der Waals surface area contributed by atoms with Gasteiger partial charge in [0.05, 0.1) is 18.1 Å². The number of H-pyrrole nitrogens is 1. The van der Waals surface area contributed by atoms with Gasteiger partial charge in [0, 0.05) is 24.4 Å². The number of aromatic nitrogens is 4. The molecule has 31 heavy (non-hydrogen) atoms. The van der Waals surface area contributed by atoms with E-state index in [0.717, 1.165) is 40.2 Å². The molecule has 2 aromatic heterocycles. The number of hydrogen-bond acceptors (Lipinski definition) is 5. The van der Waals surface area contributed by atoms with Gasteiger partial charge in [-0.25, -0.2) is 15.0 Å². The molecule has 6 nitrogen and oxygen atoms in total. The van der Waals surface area contributed by atoms with Crippen molar-refractivity contribution in [1.82, 2.24) is 19.9 Å². The van der Waals surface area contributed by atoms with Crippen molar-refractivity contribution in [2.75, 3.05) is 7.11 Å². The first kappa shape index (κ1) is 18.8. The van der Waals surface area contributed by atoms with Crippen LogP contribution in [0.25, 0.3) is 22.3 Å². The van der Waals surface area contributed by atoms with Crippen molar-refractivity contribution in [1.29, 1.82) is 0 Å². The molecule has 0 saturated heterocycles. The highest BCUT2D eigenvalue weighted by Gasteiger charge is 2.11. The molecule has 5 rings (SSSR count). The van der Waals surface area contributed by atoms with Crippen LogP contribution < -0.4 is 9.47 Å². The second kappa shape index (κ2) is 8.28. The normalized spacial score (nSPS) is 10.9. The zero-order valence-electron chi connectivity index (χ0n) is 16.9. The third-order valence-electron chi connectivity index (χ3n) is 4.96. The number of nitrogens with zero attached hydrogens (tertiary/aromatic N) is 3. The summed E-state index contributed by atoms with van der Waals surface area (Å²) in [4.78, 5) is 16.8. The van der Waals surface area contributed by atoms with Crippen molar-refractivity contribution in [2.24, 2.45) is 0 Å². The molecule has 2 heterocycles. The number of nitrogens with one attached hydrogen (secondary N) is 1. The molecule has 0 saturated carbocycles. The summed E-state index contributed by atoms with van der Waals surface area (Å²) in [7, 11) is 1.64. The molecule has 152 valence electrons. The smallest absolute Gasteiger partial charge is 0.246 e. The molecule has 0 bridgehead atoms. The lowest BCUT2D eigenvalue weighted by Crippen LogP contribution is -1.95. The minimum absolute atomic E-state index is 0.445. The van der Waals surface area contributed by atoms with Gasteiger partial charge in [-0.1, -0.05) is 36.4 Å². The Balaban J connectivity index is 1.35. The average molecular weight is 408 g/mol. The standard InChI is InChI=1S/C25H20N4O2/c1-30-20-6-4-5-18(16-20)24-25(27-14-13-26-24)31-19-11-9-17(10-12-19)15-23-28-21-7-2-3-8-22(21)29-23/h2-14,16H,15H2,1H3,(H,28,29). The van der Waals surface area contributed by atoms with Gasteiger partial charge in [-0.15, -0.1) is 0 Å². The molecular formula is C25H20N4O2. The van der Waals surface area contributed by atoms with Crippen LogP contribution in [-0.4, -0.2) is 27.0 Å². The van der Waals surface area contributed by atoms with E-state index in [9.17, 15) is 0 Å². The molecule has 0 fully saturated rings. The van der Waals surface area contributed by atoms with Gasteiger partial charge in [0.15, 0.2) is 0 Å². The van der Waals surface area contributed by atoms with Crippen molar-refractivity contribution >= 4 is 11.0 Å². The minimum atomic E-state index is 0.445. The number of rotatable bonds is 6. The molecule has 5 aromatic rings. The Labute approximate surface area is 179 Å². The second-order valence-electron chi connectivity index (χ2n) is 7.07. The number of aromatic amines is 1. The quantitative estimate of drug-likeness (QED) is 0.407. The molecule has 3 aromatic carbocycles. The highest BCUT2D eigenvalue weighted by molar-refractivity contribution is 5.74. The topological polar surface area (TPSA) is 72.9 Å². The second-order valence-corrected chi connectivity index (χ2v) is 7.07. The molecule has 0 unspecified atom stereocenters. The van der Waals surface area contributed by atoms with E-state index in [2.05, 4.69) is 19.9 Å². The highest BCUT2D eigenvalue weighted by atomic mass is 16.5. The first-order chi connectivity index (χ1) is 15.3. The summed E-state index contributed by atoms with van der Waals surface area (Å²) in [5.74, 6) is 2.83. The van der Waals surface area contributed by atoms with E-state index in [1.807, 2.05) is 72.8 Å². The first-order valence-corrected chi connectivity index (χ1v) is 9.94. The number of para-hydroxylation sites is 2. The molecule has 0 radical (unpaired) electrons. The van der Waals surface area contributed by atoms with Gasteiger partial charge in [-0.05, 0) is 42.0 Å². The SMILES string of the molecule is COc1cccc(-c2nccnc2Oc2ccc(Cc3nc4ccccc4[nH]3)cc2)c1. The zero-order chi connectivity index (χ0) is 21.0. The van der Waals surface area contributed by atoms with Gasteiger partial charge >= 0.3 is 0 Å². The van der Waals surface area contributed by atoms with E-state index in [-0.39, 0.29) is 0 Å². The van der Waals surface area contributed by atoms with Gasteiger partial charge in [-0.2, -0.15) is 0 Å². The fourth-order valence-corrected chi connectivity index (χ4v) is 3.44. The van der Waals surface area contributed by atoms with E-state index in [1.54, 1.807) is 19.5 Å². The van der Waals surface area contributed by atoms with Crippen LogP contribution in [-0.2, 0) is 6.42 Å². The summed E-state index contributed by atoms with van der Waals surface area (Å²) in [6.45, 7) is 0. The van der Waals surface area contributed by atoms with E-state index in [1.165, 1.54) is 0 Å². The number of ether oxygens (including phenoxy) is 2. The van der Waals surface area contributed by atoms with E-state index in [4.69, 9.17) is 9.47 Å². The first-order valence-electron chi connectivity index (χ1n) is 9.94. The van der Waals surface area contributed by atoms with E-state index in [0.29, 0.717) is 17.3 Å². The van der Waals surface area contributed by atoms with Crippen LogP contribution in [0.4, 0.5) is 0 Å². The maximum absolute atomic E-state index is 6.05. The summed E-state index contributed by atoms with van der Waals surface area (Å²) in [6, 6.07) is 23.6. The Kier molecular flexibility index (Phi) is 5.02. The van der Waals surface area contributed by atoms with Gasteiger partial charge in [0.2, 0.25) is 5.88 Å². The van der Waals surface area contributed by atoms with Crippen LogP contribution in [0.15, 0.2) is 85.2 Å². The summed E-state index contributed by atoms with van der Waals surface area (Å²) in [6.07, 6.45) is 3.99.